The summed E-state index contributed by atoms with van der Waals surface area (Å²) in [7, 11) is 0. The molecule has 94 heavy (non-hydrogen) atoms. The summed E-state index contributed by atoms with van der Waals surface area (Å²) in [5, 5.41) is 21.3. The Bertz CT molecular complexity index is 6420. The van der Waals surface area contributed by atoms with Crippen LogP contribution >= 0.6 is 0 Å². The summed E-state index contributed by atoms with van der Waals surface area (Å²) in [4.78, 5) is 0. The molecule has 436 valence electrons. The van der Waals surface area contributed by atoms with Gasteiger partial charge in [-0.3, -0.25) is 0 Å². The first-order valence-corrected chi connectivity index (χ1v) is 32.7. The molecule has 1 aliphatic carbocycles. The first kappa shape index (κ1) is 52.7. The summed E-state index contributed by atoms with van der Waals surface area (Å²) in [6, 6.07) is 113. The molecule has 0 unspecified atom stereocenters. The molecule has 0 atom stereocenters. The molecule has 0 saturated heterocycles. The van der Waals surface area contributed by atoms with Crippen molar-refractivity contribution in [3.8, 4) is 77.9 Å². The van der Waals surface area contributed by atoms with Crippen LogP contribution in [0.25, 0.3) is 203 Å². The molecular formula is C92H56O2. The number of hydrogen-bond donors (Lipinski definition) is 0. The standard InChI is InChI=1S/C92H56O2/c1-3-16-58(17-4-1)86-73-23-11-13-25-75(73)88(60-31-27-55(28-32-60)64-36-42-71-68(49-64)41-48-81-82-51-62-20-7-8-21-63(62)54-85(82)93-90(71)81)83-52-66(38-44-77(83)86)67-39-45-78-84(53-67)89(76-26-14-12-24-74(76)87(78)59-18-5-2-6-19-59)61-33-29-56(30-34-61)65-37-43-72-69(50-65)40-47-80-79-46-35-57-15-9-10-22-70(57)91(79)94-92(72)80/h1-7,9-20,22-54H,8,21H2. The van der Waals surface area contributed by atoms with Crippen LogP contribution in [0.5, 0.6) is 0 Å². The maximum Gasteiger partial charge on any atom is 0.143 e. The molecule has 0 bridgehead atoms. The number of fused-ring (bicyclic) bond motifs is 17. The number of hydrogen-bond acceptors (Lipinski definition) is 2. The Kier molecular flexibility index (Phi) is 11.6. The van der Waals surface area contributed by atoms with Crippen LogP contribution in [0.15, 0.2) is 318 Å². The molecule has 0 N–H and O–H groups in total. The molecule has 1 aliphatic rings. The predicted molar refractivity (Wildman–Crippen MR) is 399 cm³/mol. The van der Waals surface area contributed by atoms with E-state index in [2.05, 4.69) is 315 Å². The summed E-state index contributed by atoms with van der Waals surface area (Å²) in [5.41, 5.74) is 23.1. The third kappa shape index (κ3) is 8.16. The number of furan rings is 2. The topological polar surface area (TPSA) is 26.3 Å². The summed E-state index contributed by atoms with van der Waals surface area (Å²) in [6.45, 7) is 0. The van der Waals surface area contributed by atoms with Crippen LogP contribution < -0.4 is 0 Å². The number of rotatable bonds is 7. The zero-order chi connectivity index (χ0) is 61.5. The molecule has 2 heteroatoms. The highest BCUT2D eigenvalue weighted by Crippen LogP contribution is 2.49. The van der Waals surface area contributed by atoms with E-state index in [0.717, 1.165) is 89.7 Å². The minimum Gasteiger partial charge on any atom is -0.455 e. The molecule has 20 rings (SSSR count). The number of aryl methyl sites for hydroxylation is 1. The van der Waals surface area contributed by atoms with Gasteiger partial charge in [-0.1, -0.05) is 249 Å². The second-order valence-corrected chi connectivity index (χ2v) is 25.6. The van der Waals surface area contributed by atoms with Gasteiger partial charge in [-0.15, -0.1) is 0 Å². The largest absolute Gasteiger partial charge is 0.455 e. The SMILES string of the molecule is C1=Cc2cc3c(cc2CC1)oc1c2ccc(-c4ccc(-c5c6ccccc6c(-c6ccccc6)c6ccc(-c7ccc8c(-c9ccccc9)c9ccccc9c(-c9ccc(-c%10ccc%11c(ccc%12c%13ccc%14ccccc%14c%13oc%11%12)c%10)cc9)c8c7)cc56)cc4)cc2ccc31. The molecule has 0 amide bonds. The van der Waals surface area contributed by atoms with E-state index in [1.165, 1.54) is 131 Å². The average Bonchev–Trinajstić information content (AvgIpc) is 0.956. The van der Waals surface area contributed by atoms with Gasteiger partial charge in [-0.05, 0) is 228 Å². The summed E-state index contributed by atoms with van der Waals surface area (Å²) in [5.74, 6) is 0. The van der Waals surface area contributed by atoms with Gasteiger partial charge in [-0.2, -0.15) is 0 Å². The van der Waals surface area contributed by atoms with Crippen LogP contribution in [-0.2, 0) is 6.42 Å². The van der Waals surface area contributed by atoms with Crippen molar-refractivity contribution >= 4 is 125 Å². The first-order chi connectivity index (χ1) is 46.6. The van der Waals surface area contributed by atoms with E-state index in [-0.39, 0.29) is 0 Å². The first-order valence-electron chi connectivity index (χ1n) is 32.7. The maximum absolute atomic E-state index is 6.76. The van der Waals surface area contributed by atoms with Crippen molar-refractivity contribution in [3.63, 3.8) is 0 Å². The third-order valence-electron chi connectivity index (χ3n) is 20.5. The van der Waals surface area contributed by atoms with Gasteiger partial charge in [0.1, 0.15) is 22.3 Å². The van der Waals surface area contributed by atoms with Gasteiger partial charge in [-0.25, -0.2) is 0 Å². The van der Waals surface area contributed by atoms with E-state index in [4.69, 9.17) is 8.83 Å². The van der Waals surface area contributed by atoms with Crippen LogP contribution in [0.1, 0.15) is 17.5 Å². The Morgan fingerprint density at radius 1 is 0.213 bits per heavy atom. The Morgan fingerprint density at radius 2 is 0.564 bits per heavy atom. The summed E-state index contributed by atoms with van der Waals surface area (Å²) < 4.78 is 13.4. The fourth-order valence-electron chi connectivity index (χ4n) is 16.0. The lowest BCUT2D eigenvalue weighted by molar-refractivity contribution is 0.671. The summed E-state index contributed by atoms with van der Waals surface area (Å²) >= 11 is 0. The predicted octanol–water partition coefficient (Wildman–Crippen LogP) is 26.2. The quantitative estimate of drug-likeness (QED) is 0.149. The van der Waals surface area contributed by atoms with E-state index in [1.54, 1.807) is 0 Å². The molecule has 17 aromatic carbocycles. The zero-order valence-corrected chi connectivity index (χ0v) is 51.3. The van der Waals surface area contributed by atoms with Crippen molar-refractivity contribution in [2.75, 3.05) is 0 Å². The van der Waals surface area contributed by atoms with E-state index in [9.17, 15) is 0 Å². The van der Waals surface area contributed by atoms with E-state index >= 15 is 0 Å². The van der Waals surface area contributed by atoms with Crippen molar-refractivity contribution < 1.29 is 8.83 Å². The average molecular weight is 1190 g/mol. The number of benzene rings is 17. The van der Waals surface area contributed by atoms with Crippen molar-refractivity contribution in [2.45, 2.75) is 12.8 Å². The van der Waals surface area contributed by atoms with E-state index < -0.39 is 0 Å². The molecular weight excluding hydrogens is 1140 g/mol. The van der Waals surface area contributed by atoms with Gasteiger partial charge in [0.15, 0.2) is 0 Å². The lowest BCUT2D eigenvalue weighted by Crippen LogP contribution is -1.93. The maximum atomic E-state index is 6.76. The van der Waals surface area contributed by atoms with Crippen molar-refractivity contribution in [3.05, 3.63) is 321 Å². The Hall–Kier alpha value is -12.1. The van der Waals surface area contributed by atoms with Gasteiger partial charge in [0.25, 0.3) is 0 Å². The highest BCUT2D eigenvalue weighted by Gasteiger charge is 2.23. The van der Waals surface area contributed by atoms with Crippen LogP contribution in [0.2, 0.25) is 0 Å². The zero-order valence-electron chi connectivity index (χ0n) is 51.3. The summed E-state index contributed by atoms with van der Waals surface area (Å²) in [6.07, 6.45) is 6.66. The van der Waals surface area contributed by atoms with Crippen LogP contribution in [0, 0.1) is 0 Å². The highest BCUT2D eigenvalue weighted by molar-refractivity contribution is 6.25. The molecule has 0 fully saturated rings. The lowest BCUT2D eigenvalue weighted by atomic mass is 9.83. The monoisotopic (exact) mass is 1190 g/mol. The van der Waals surface area contributed by atoms with E-state index in [1.807, 2.05) is 0 Å². The fraction of sp³-hybridized carbons (Fsp3) is 0.0217. The lowest BCUT2D eigenvalue weighted by Gasteiger charge is -2.20. The molecule has 0 spiro atoms. The van der Waals surface area contributed by atoms with Crippen LogP contribution in [-0.4, -0.2) is 0 Å². The molecule has 2 nitrogen and oxygen atoms in total. The molecule has 2 aromatic heterocycles. The number of allylic oxidation sites excluding steroid dienone is 1. The van der Waals surface area contributed by atoms with Crippen LogP contribution in [0.4, 0.5) is 0 Å². The van der Waals surface area contributed by atoms with Crippen LogP contribution in [0.3, 0.4) is 0 Å². The molecule has 0 radical (unpaired) electrons. The van der Waals surface area contributed by atoms with Crippen molar-refractivity contribution in [2.24, 2.45) is 0 Å². The van der Waals surface area contributed by atoms with Crippen molar-refractivity contribution in [1.82, 2.24) is 0 Å². The van der Waals surface area contributed by atoms with Gasteiger partial charge in [0.05, 0.1) is 0 Å². The smallest absolute Gasteiger partial charge is 0.143 e. The molecule has 0 aliphatic heterocycles. The Morgan fingerprint density at radius 3 is 1.07 bits per heavy atom. The third-order valence-corrected chi connectivity index (χ3v) is 20.5. The normalized spacial score (nSPS) is 12.6. The second kappa shape index (κ2) is 20.7. The minimum absolute atomic E-state index is 0.933. The second-order valence-electron chi connectivity index (χ2n) is 25.6. The van der Waals surface area contributed by atoms with Gasteiger partial charge >= 0.3 is 0 Å². The van der Waals surface area contributed by atoms with Gasteiger partial charge in [0, 0.05) is 37.7 Å². The Balaban J connectivity index is 0.723. The van der Waals surface area contributed by atoms with Crippen molar-refractivity contribution in [1.29, 1.82) is 0 Å². The van der Waals surface area contributed by atoms with Gasteiger partial charge < -0.3 is 8.83 Å². The van der Waals surface area contributed by atoms with E-state index in [0.29, 0.717) is 0 Å². The molecule has 2 heterocycles. The molecule has 0 saturated carbocycles. The Labute approximate surface area is 542 Å². The minimum atomic E-state index is 0.933. The molecule has 19 aromatic rings. The highest BCUT2D eigenvalue weighted by atomic mass is 16.3. The fourth-order valence-corrected chi connectivity index (χ4v) is 16.0. The van der Waals surface area contributed by atoms with Gasteiger partial charge in [0.2, 0.25) is 0 Å².